The summed E-state index contributed by atoms with van der Waals surface area (Å²) in [6, 6.07) is 21.8. The summed E-state index contributed by atoms with van der Waals surface area (Å²) in [6.07, 6.45) is 3.11. The Morgan fingerprint density at radius 3 is 2.73 bits per heavy atom. The molecular formula is C26H23KN5O-. The monoisotopic (exact) mass is 460 g/mol. The zero-order valence-corrected chi connectivity index (χ0v) is 21.7. The molecule has 0 saturated carbocycles. The van der Waals surface area contributed by atoms with Crippen molar-refractivity contribution in [2.24, 2.45) is 0 Å². The van der Waals surface area contributed by atoms with Gasteiger partial charge in [-0.1, -0.05) is 48.5 Å². The summed E-state index contributed by atoms with van der Waals surface area (Å²) in [5.41, 5.74) is 4.58. The molecular weight excluding hydrogens is 437 g/mol. The van der Waals surface area contributed by atoms with Crippen LogP contribution in [0.2, 0.25) is 0 Å². The van der Waals surface area contributed by atoms with Crippen molar-refractivity contribution < 1.29 is 56.1 Å². The molecule has 0 saturated heterocycles. The molecule has 3 aromatic rings. The van der Waals surface area contributed by atoms with E-state index in [9.17, 15) is 0 Å². The molecule has 0 spiro atoms. The van der Waals surface area contributed by atoms with Gasteiger partial charge in [-0.15, -0.1) is 5.56 Å². The summed E-state index contributed by atoms with van der Waals surface area (Å²) in [5, 5.41) is 25.1. The van der Waals surface area contributed by atoms with Crippen molar-refractivity contribution in [2.75, 3.05) is 18.4 Å². The second-order valence-electron chi connectivity index (χ2n) is 7.60. The van der Waals surface area contributed by atoms with Gasteiger partial charge in [0.1, 0.15) is 6.10 Å². The molecule has 160 valence electrons. The number of nitrogens with zero attached hydrogens (tertiary/aromatic N) is 3. The minimum absolute atomic E-state index is 0. The number of benzene rings is 2. The van der Waals surface area contributed by atoms with Crippen LogP contribution in [-0.2, 0) is 6.42 Å². The molecule has 0 aliphatic carbocycles. The van der Waals surface area contributed by atoms with Crippen LogP contribution in [0.4, 0.5) is 5.69 Å². The maximum Gasteiger partial charge on any atom is 1.00 e. The zero-order chi connectivity index (χ0) is 22.3. The van der Waals surface area contributed by atoms with Gasteiger partial charge in [-0.3, -0.25) is 0 Å². The first-order valence-corrected chi connectivity index (χ1v) is 10.5. The molecule has 1 aliphatic heterocycles. The fourth-order valence-corrected chi connectivity index (χ4v) is 3.73. The molecule has 1 aliphatic rings. The average molecular weight is 461 g/mol. The van der Waals surface area contributed by atoms with E-state index in [1.54, 1.807) is 6.20 Å². The predicted octanol–water partition coefficient (Wildman–Crippen LogP) is 1.16. The number of nitriles is 1. The summed E-state index contributed by atoms with van der Waals surface area (Å²) < 4.78 is 6.25. The van der Waals surface area contributed by atoms with E-state index in [0.29, 0.717) is 23.6 Å². The van der Waals surface area contributed by atoms with Crippen LogP contribution in [0.3, 0.4) is 0 Å². The van der Waals surface area contributed by atoms with E-state index >= 15 is 0 Å². The van der Waals surface area contributed by atoms with Crippen molar-refractivity contribution in [2.45, 2.75) is 18.6 Å². The maximum absolute atomic E-state index is 9.14. The number of rotatable bonds is 8. The minimum Gasteiger partial charge on any atom is -0.879 e. The summed E-state index contributed by atoms with van der Waals surface area (Å²) in [6.45, 7) is 7.11. The van der Waals surface area contributed by atoms with Gasteiger partial charge >= 0.3 is 51.4 Å². The Morgan fingerprint density at radius 1 is 1.27 bits per heavy atom. The van der Waals surface area contributed by atoms with Crippen LogP contribution in [-0.4, -0.2) is 30.4 Å². The third-order valence-corrected chi connectivity index (χ3v) is 5.47. The molecule has 0 radical (unpaired) electrons. The van der Waals surface area contributed by atoms with E-state index < -0.39 is 0 Å². The van der Waals surface area contributed by atoms with Crippen LogP contribution < -0.4 is 66.8 Å². The third kappa shape index (κ3) is 6.39. The number of nitrogens with one attached hydrogen (secondary N) is 2. The van der Waals surface area contributed by atoms with Gasteiger partial charge < -0.3 is 27.0 Å². The van der Waals surface area contributed by atoms with Crippen molar-refractivity contribution in [3.8, 4) is 11.9 Å². The van der Waals surface area contributed by atoms with Gasteiger partial charge in [0, 0.05) is 0 Å². The van der Waals surface area contributed by atoms with E-state index in [1.807, 2.05) is 48.5 Å². The van der Waals surface area contributed by atoms with Crippen molar-refractivity contribution in [1.82, 2.24) is 10.3 Å². The number of aromatic nitrogens is 1. The van der Waals surface area contributed by atoms with Crippen LogP contribution in [0.1, 0.15) is 28.3 Å². The molecule has 7 heteroatoms. The molecule has 0 fully saturated rings. The molecule has 2 unspecified atom stereocenters. The molecule has 2 N–H and O–H groups in total. The van der Waals surface area contributed by atoms with Gasteiger partial charge in [0.15, 0.2) is 0 Å². The quantitative estimate of drug-likeness (QED) is 0.299. The number of allylic oxidation sites excluding steroid dienone is 1. The van der Waals surface area contributed by atoms with Crippen LogP contribution in [0.15, 0.2) is 66.9 Å². The Bertz CT molecular complexity index is 1140. The molecule has 2 heterocycles. The van der Waals surface area contributed by atoms with Crippen LogP contribution in [0.5, 0.6) is 5.88 Å². The summed E-state index contributed by atoms with van der Waals surface area (Å²) in [4.78, 5) is 4.39. The number of hydrogen-bond acceptors (Lipinski definition) is 5. The number of ether oxygens (including phenoxy) is 1. The van der Waals surface area contributed by atoms with Gasteiger partial charge in [-0.2, -0.15) is 5.26 Å². The van der Waals surface area contributed by atoms with Crippen LogP contribution >= 0.6 is 0 Å². The summed E-state index contributed by atoms with van der Waals surface area (Å²) >= 11 is 0. The summed E-state index contributed by atoms with van der Waals surface area (Å²) in [5.74, 6) is 0.505. The van der Waals surface area contributed by atoms with E-state index in [1.165, 1.54) is 5.56 Å². The number of anilines is 1. The first kappa shape index (κ1) is 25.3. The average Bonchev–Trinajstić information content (AvgIpc) is 2.86. The van der Waals surface area contributed by atoms with Gasteiger partial charge in [0.05, 0.1) is 29.9 Å². The molecule has 6 nitrogen and oxygen atoms in total. The SMILES string of the molecule is [CH-]=C(C=[N-])c1cnc2c(c1)NCC(C(NCCc1ccc(C#N)cc1)c1ccccc1)O2.[K+]. The molecule has 2 atom stereocenters. The summed E-state index contributed by atoms with van der Waals surface area (Å²) in [7, 11) is 0. The minimum atomic E-state index is -0.171. The Morgan fingerprint density at radius 2 is 2.03 bits per heavy atom. The normalized spacial score (nSPS) is 14.9. The molecule has 1 aromatic heterocycles. The first-order valence-electron chi connectivity index (χ1n) is 10.5. The Kier molecular flexibility index (Phi) is 9.38. The van der Waals surface area contributed by atoms with E-state index in [-0.39, 0.29) is 69.1 Å². The fraction of sp³-hybridized carbons (Fsp3) is 0.192. The second-order valence-corrected chi connectivity index (χ2v) is 7.60. The Labute approximate surface area is 237 Å². The topological polar surface area (TPSA) is 92.3 Å². The standard InChI is InChI=1S/C26H23N5O.K/c1-18(14-27)22-13-23-26(31-16-22)32-24(17-30-23)25(21-5-3-2-4-6-21)29-12-11-19-7-9-20(15-28)10-8-19;/h1-10,13-14,16,24-25,29-30H,11-12,17H2;/q-2;+1. The maximum atomic E-state index is 9.14. The van der Waals surface area contributed by atoms with E-state index in [4.69, 9.17) is 22.0 Å². The van der Waals surface area contributed by atoms with Crippen LogP contribution in [0, 0.1) is 17.9 Å². The van der Waals surface area contributed by atoms with E-state index in [0.717, 1.165) is 30.4 Å². The van der Waals surface area contributed by atoms with Crippen molar-refractivity contribution in [1.29, 1.82) is 5.26 Å². The van der Waals surface area contributed by atoms with Crippen molar-refractivity contribution in [3.05, 3.63) is 101 Å². The van der Waals surface area contributed by atoms with Crippen LogP contribution in [0.25, 0.3) is 11.0 Å². The molecule has 0 amide bonds. The number of hydrogen-bond donors (Lipinski definition) is 2. The fourth-order valence-electron chi connectivity index (χ4n) is 3.73. The van der Waals surface area contributed by atoms with Gasteiger partial charge in [-0.25, -0.2) is 17.1 Å². The van der Waals surface area contributed by atoms with E-state index in [2.05, 4.69) is 33.8 Å². The molecule has 2 aromatic carbocycles. The largest absolute Gasteiger partial charge is 1.00 e. The zero-order valence-electron chi connectivity index (χ0n) is 18.5. The van der Waals surface area contributed by atoms with Gasteiger partial charge in [-0.05, 0) is 42.4 Å². The number of fused-ring (bicyclic) bond motifs is 1. The smallest absolute Gasteiger partial charge is 0.879 e. The predicted molar refractivity (Wildman–Crippen MR) is 126 cm³/mol. The van der Waals surface area contributed by atoms with Gasteiger partial charge in [0.2, 0.25) is 5.88 Å². The second kappa shape index (κ2) is 12.2. The van der Waals surface area contributed by atoms with Gasteiger partial charge in [0.25, 0.3) is 0 Å². The van der Waals surface area contributed by atoms with Crippen molar-refractivity contribution in [3.63, 3.8) is 0 Å². The third-order valence-electron chi connectivity index (χ3n) is 5.47. The first-order chi connectivity index (χ1) is 15.7. The Balaban J connectivity index is 0.00000306. The molecule has 0 bridgehead atoms. The number of pyridine rings is 1. The van der Waals surface area contributed by atoms with Crippen molar-refractivity contribution >= 4 is 17.5 Å². The molecule has 4 rings (SSSR count). The molecule has 33 heavy (non-hydrogen) atoms. The Hall–Kier alpha value is -2.31.